The summed E-state index contributed by atoms with van der Waals surface area (Å²) in [6.07, 6.45) is 0.356. The lowest BCUT2D eigenvalue weighted by molar-refractivity contribution is -0.122. The number of aryl methyl sites for hydroxylation is 1. The molecule has 3 N–H and O–H groups in total. The van der Waals surface area contributed by atoms with Gasteiger partial charge in [0.1, 0.15) is 5.01 Å². The fourth-order valence-electron chi connectivity index (χ4n) is 1.23. The number of nitrogens with zero attached hydrogens (tertiary/aromatic N) is 1. The maximum Gasteiger partial charge on any atom is 0.222 e. The summed E-state index contributed by atoms with van der Waals surface area (Å²) >= 11 is 1.56. The summed E-state index contributed by atoms with van der Waals surface area (Å²) in [5.74, 6) is -0.0228. The molecule has 4 nitrogen and oxygen atoms in total. The van der Waals surface area contributed by atoms with E-state index in [4.69, 9.17) is 5.73 Å². The first-order valence-corrected chi connectivity index (χ1v) is 5.84. The molecule has 0 bridgehead atoms. The molecule has 0 saturated heterocycles. The second-order valence-electron chi connectivity index (χ2n) is 3.80. The van der Waals surface area contributed by atoms with Crippen molar-refractivity contribution in [1.29, 1.82) is 0 Å². The zero-order valence-corrected chi connectivity index (χ0v) is 10.1. The zero-order chi connectivity index (χ0) is 11.4. The molecule has 0 aromatic carbocycles. The molecule has 15 heavy (non-hydrogen) atoms. The summed E-state index contributed by atoms with van der Waals surface area (Å²) in [4.78, 5) is 15.7. The van der Waals surface area contributed by atoms with E-state index in [9.17, 15) is 4.79 Å². The molecule has 0 radical (unpaired) electrons. The molecule has 1 amide bonds. The van der Waals surface area contributed by atoms with Crippen LogP contribution in [0.4, 0.5) is 0 Å². The van der Waals surface area contributed by atoms with E-state index in [0.29, 0.717) is 6.42 Å². The van der Waals surface area contributed by atoms with Gasteiger partial charge in [0, 0.05) is 23.5 Å². The molecule has 1 rings (SSSR count). The number of carbonyl (C=O) groups excluding carboxylic acids is 1. The first-order valence-electron chi connectivity index (χ1n) is 4.96. The summed E-state index contributed by atoms with van der Waals surface area (Å²) in [6, 6.07) is -0.134. The second kappa shape index (κ2) is 5.23. The Morgan fingerprint density at radius 2 is 2.33 bits per heavy atom. The number of nitrogens with one attached hydrogen (secondary N) is 1. The first kappa shape index (κ1) is 12.1. The third-order valence-electron chi connectivity index (χ3n) is 1.89. The fourth-order valence-corrected chi connectivity index (χ4v) is 2.03. The number of hydrogen-bond donors (Lipinski definition) is 2. The van der Waals surface area contributed by atoms with E-state index in [1.807, 2.05) is 26.2 Å². The monoisotopic (exact) mass is 227 g/mol. The van der Waals surface area contributed by atoms with E-state index in [1.165, 1.54) is 0 Å². The summed E-state index contributed by atoms with van der Waals surface area (Å²) in [7, 11) is 0. The van der Waals surface area contributed by atoms with Gasteiger partial charge in [0.05, 0.1) is 6.04 Å². The Hall–Kier alpha value is -0.940. The van der Waals surface area contributed by atoms with Crippen LogP contribution in [-0.4, -0.2) is 16.9 Å². The number of carbonyl (C=O) groups is 1. The Morgan fingerprint density at radius 1 is 1.67 bits per heavy atom. The molecular weight excluding hydrogens is 210 g/mol. The van der Waals surface area contributed by atoms with Gasteiger partial charge in [-0.1, -0.05) is 0 Å². The number of hydrogen-bond acceptors (Lipinski definition) is 4. The van der Waals surface area contributed by atoms with Gasteiger partial charge >= 0.3 is 0 Å². The van der Waals surface area contributed by atoms with Crippen LogP contribution >= 0.6 is 11.3 Å². The van der Waals surface area contributed by atoms with Crippen LogP contribution in [-0.2, 0) is 4.79 Å². The Bertz CT molecular complexity index is 335. The minimum atomic E-state index is -0.102. The maximum absolute atomic E-state index is 11.4. The molecular formula is C10H17N3OS. The van der Waals surface area contributed by atoms with Crippen LogP contribution in [0.1, 0.15) is 37.0 Å². The van der Waals surface area contributed by atoms with E-state index in [1.54, 1.807) is 11.3 Å². The molecule has 5 heteroatoms. The number of rotatable bonds is 4. The van der Waals surface area contributed by atoms with Gasteiger partial charge in [0.2, 0.25) is 5.91 Å². The van der Waals surface area contributed by atoms with Crippen LogP contribution in [0, 0.1) is 6.92 Å². The Balaban J connectivity index is 2.48. The Kier molecular flexibility index (Phi) is 4.23. The SMILES string of the molecule is Cc1csc(C(C)NC(=O)CC(C)N)n1. The predicted octanol–water partition coefficient (Wildman–Crippen LogP) is 1.37. The molecule has 0 spiro atoms. The predicted molar refractivity (Wildman–Crippen MR) is 61.7 cm³/mol. The molecule has 1 aromatic rings. The van der Waals surface area contributed by atoms with Crippen molar-refractivity contribution in [3.05, 3.63) is 16.1 Å². The summed E-state index contributed by atoms with van der Waals surface area (Å²) in [6.45, 7) is 5.69. The summed E-state index contributed by atoms with van der Waals surface area (Å²) in [5, 5.41) is 5.78. The van der Waals surface area contributed by atoms with Crippen molar-refractivity contribution in [3.8, 4) is 0 Å². The highest BCUT2D eigenvalue weighted by Crippen LogP contribution is 2.17. The fraction of sp³-hybridized carbons (Fsp3) is 0.600. The Morgan fingerprint density at radius 3 is 2.80 bits per heavy atom. The largest absolute Gasteiger partial charge is 0.347 e. The van der Waals surface area contributed by atoms with Crippen molar-refractivity contribution in [1.82, 2.24) is 10.3 Å². The number of thiazole rings is 1. The lowest BCUT2D eigenvalue weighted by Gasteiger charge is -2.12. The van der Waals surface area contributed by atoms with Crippen molar-refractivity contribution in [3.63, 3.8) is 0 Å². The molecule has 0 saturated carbocycles. The third kappa shape index (κ3) is 3.97. The summed E-state index contributed by atoms with van der Waals surface area (Å²) < 4.78 is 0. The van der Waals surface area contributed by atoms with E-state index >= 15 is 0 Å². The van der Waals surface area contributed by atoms with E-state index < -0.39 is 0 Å². The molecule has 84 valence electrons. The van der Waals surface area contributed by atoms with Crippen molar-refractivity contribution in [2.45, 2.75) is 39.3 Å². The molecule has 0 fully saturated rings. The minimum absolute atomic E-state index is 0.0228. The minimum Gasteiger partial charge on any atom is -0.347 e. The highest BCUT2D eigenvalue weighted by molar-refractivity contribution is 7.09. The van der Waals surface area contributed by atoms with Gasteiger partial charge in [-0.25, -0.2) is 4.98 Å². The van der Waals surface area contributed by atoms with E-state index in [2.05, 4.69) is 10.3 Å². The number of aromatic nitrogens is 1. The normalized spacial score (nSPS) is 14.7. The van der Waals surface area contributed by atoms with Crippen LogP contribution in [0.3, 0.4) is 0 Å². The van der Waals surface area contributed by atoms with Gasteiger partial charge in [0.15, 0.2) is 0 Å². The Labute approximate surface area is 93.9 Å². The molecule has 2 atom stereocenters. The van der Waals surface area contributed by atoms with Crippen LogP contribution in [0.25, 0.3) is 0 Å². The van der Waals surface area contributed by atoms with Gasteiger partial charge in [-0.05, 0) is 20.8 Å². The third-order valence-corrected chi connectivity index (χ3v) is 3.04. The van der Waals surface area contributed by atoms with Crippen LogP contribution in [0.2, 0.25) is 0 Å². The van der Waals surface area contributed by atoms with Gasteiger partial charge in [0.25, 0.3) is 0 Å². The highest BCUT2D eigenvalue weighted by Gasteiger charge is 2.13. The average Bonchev–Trinajstić information content (AvgIpc) is 2.49. The van der Waals surface area contributed by atoms with Crippen molar-refractivity contribution < 1.29 is 4.79 Å². The van der Waals surface area contributed by atoms with Crippen molar-refractivity contribution >= 4 is 17.2 Å². The van der Waals surface area contributed by atoms with E-state index in [0.717, 1.165) is 10.7 Å². The highest BCUT2D eigenvalue weighted by atomic mass is 32.1. The number of amides is 1. The average molecular weight is 227 g/mol. The molecule has 0 aliphatic heterocycles. The summed E-state index contributed by atoms with van der Waals surface area (Å²) in [5.41, 5.74) is 6.53. The van der Waals surface area contributed by atoms with Crippen molar-refractivity contribution in [2.75, 3.05) is 0 Å². The lowest BCUT2D eigenvalue weighted by Crippen LogP contribution is -2.31. The van der Waals surface area contributed by atoms with Gasteiger partial charge in [-0.15, -0.1) is 11.3 Å². The smallest absolute Gasteiger partial charge is 0.222 e. The lowest BCUT2D eigenvalue weighted by atomic mass is 10.2. The van der Waals surface area contributed by atoms with Gasteiger partial charge in [-0.2, -0.15) is 0 Å². The van der Waals surface area contributed by atoms with Gasteiger partial charge < -0.3 is 11.1 Å². The second-order valence-corrected chi connectivity index (χ2v) is 4.69. The van der Waals surface area contributed by atoms with E-state index in [-0.39, 0.29) is 18.0 Å². The van der Waals surface area contributed by atoms with Crippen LogP contribution < -0.4 is 11.1 Å². The molecule has 2 unspecified atom stereocenters. The van der Waals surface area contributed by atoms with Crippen LogP contribution in [0.5, 0.6) is 0 Å². The molecule has 1 heterocycles. The maximum atomic E-state index is 11.4. The number of nitrogens with two attached hydrogens (primary N) is 1. The zero-order valence-electron chi connectivity index (χ0n) is 9.28. The van der Waals surface area contributed by atoms with Crippen LogP contribution in [0.15, 0.2) is 5.38 Å². The molecule has 0 aliphatic carbocycles. The van der Waals surface area contributed by atoms with Gasteiger partial charge in [-0.3, -0.25) is 4.79 Å². The van der Waals surface area contributed by atoms with Crippen molar-refractivity contribution in [2.24, 2.45) is 5.73 Å². The standard InChI is InChI=1S/C10H17N3OS/c1-6(11)4-9(14)13-8(3)10-12-7(2)5-15-10/h5-6,8H,4,11H2,1-3H3,(H,13,14). The molecule has 0 aliphatic rings. The topological polar surface area (TPSA) is 68.0 Å². The molecule has 1 aromatic heterocycles. The quantitative estimate of drug-likeness (QED) is 0.816. The first-order chi connectivity index (χ1) is 6.99.